The average molecular weight is 282 g/mol. The lowest BCUT2D eigenvalue weighted by molar-refractivity contribution is 0.0765. The van der Waals surface area contributed by atoms with Crippen LogP contribution in [0.3, 0.4) is 0 Å². The zero-order valence-corrected chi connectivity index (χ0v) is 12.1. The first-order chi connectivity index (χ1) is 8.89. The molecule has 3 nitrogen and oxygen atoms in total. The number of nitrogen functional groups attached to an aromatic ring is 1. The summed E-state index contributed by atoms with van der Waals surface area (Å²) in [4.78, 5) is 14.2. The van der Waals surface area contributed by atoms with Crippen molar-refractivity contribution in [2.24, 2.45) is 0 Å². The first-order valence-corrected chi connectivity index (χ1v) is 7.36. The second kappa shape index (κ2) is 5.41. The number of hydrogen-bond donors (Lipinski definition) is 1. The zero-order valence-electron chi connectivity index (χ0n) is 11.3. The largest absolute Gasteiger partial charge is 0.398 e. The van der Waals surface area contributed by atoms with Crippen LogP contribution >= 0.6 is 11.8 Å². The molecule has 1 fully saturated rings. The van der Waals surface area contributed by atoms with E-state index in [2.05, 4.69) is 13.8 Å². The van der Waals surface area contributed by atoms with Crippen LogP contribution in [0.15, 0.2) is 18.2 Å². The third kappa shape index (κ3) is 3.41. The molecule has 2 rings (SSSR count). The maximum Gasteiger partial charge on any atom is 0.255 e. The van der Waals surface area contributed by atoms with Crippen molar-refractivity contribution in [3.63, 3.8) is 0 Å². The Morgan fingerprint density at radius 1 is 1.42 bits per heavy atom. The maximum atomic E-state index is 13.0. The number of amides is 1. The van der Waals surface area contributed by atoms with E-state index in [0.717, 1.165) is 18.7 Å². The molecule has 0 unspecified atom stereocenters. The molecule has 1 amide bonds. The fourth-order valence-electron chi connectivity index (χ4n) is 2.12. The van der Waals surface area contributed by atoms with Crippen molar-refractivity contribution in [2.45, 2.75) is 25.0 Å². The molecule has 1 aliphatic heterocycles. The third-order valence-corrected chi connectivity index (χ3v) is 4.74. The smallest absolute Gasteiger partial charge is 0.255 e. The highest BCUT2D eigenvalue weighted by Crippen LogP contribution is 2.31. The van der Waals surface area contributed by atoms with Crippen LogP contribution in [0.2, 0.25) is 0 Å². The van der Waals surface area contributed by atoms with Crippen molar-refractivity contribution in [2.75, 3.05) is 24.6 Å². The molecule has 0 radical (unpaired) electrons. The molecule has 0 atom stereocenters. The fourth-order valence-corrected chi connectivity index (χ4v) is 3.22. The lowest BCUT2D eigenvalue weighted by atomic mass is 10.1. The summed E-state index contributed by atoms with van der Waals surface area (Å²) >= 11 is 1.88. The normalized spacial score (nSPS) is 19.0. The van der Waals surface area contributed by atoms with Crippen LogP contribution in [-0.4, -0.2) is 34.4 Å². The van der Waals surface area contributed by atoms with Crippen molar-refractivity contribution < 1.29 is 9.18 Å². The van der Waals surface area contributed by atoms with Crippen molar-refractivity contribution in [1.82, 2.24) is 4.90 Å². The van der Waals surface area contributed by atoms with E-state index in [4.69, 9.17) is 5.73 Å². The summed E-state index contributed by atoms with van der Waals surface area (Å²) in [7, 11) is 0. The molecule has 1 aliphatic rings. The van der Waals surface area contributed by atoms with E-state index >= 15 is 0 Å². The van der Waals surface area contributed by atoms with Gasteiger partial charge in [-0.25, -0.2) is 4.39 Å². The molecule has 0 aromatic heterocycles. The molecule has 104 valence electrons. The number of anilines is 1. The Balaban J connectivity index is 2.15. The molecule has 0 saturated carbocycles. The van der Waals surface area contributed by atoms with Gasteiger partial charge in [-0.2, -0.15) is 11.8 Å². The summed E-state index contributed by atoms with van der Waals surface area (Å²) in [5.74, 6) is 0.400. The van der Waals surface area contributed by atoms with Crippen LogP contribution in [0.25, 0.3) is 0 Å². The Labute approximate surface area is 117 Å². The maximum absolute atomic E-state index is 13.0. The Hall–Kier alpha value is -1.23. The summed E-state index contributed by atoms with van der Waals surface area (Å²) in [5.41, 5.74) is 6.33. The Morgan fingerprint density at radius 3 is 2.84 bits per heavy atom. The first kappa shape index (κ1) is 14.2. The van der Waals surface area contributed by atoms with Gasteiger partial charge in [-0.3, -0.25) is 4.79 Å². The molecule has 0 bridgehead atoms. The summed E-state index contributed by atoms with van der Waals surface area (Å²) in [5, 5.41) is 0. The van der Waals surface area contributed by atoms with Gasteiger partial charge in [0, 0.05) is 29.3 Å². The molecule has 19 heavy (non-hydrogen) atoms. The molecular formula is C14H19FN2OS. The number of benzene rings is 1. The zero-order chi connectivity index (χ0) is 14.0. The molecule has 1 aromatic carbocycles. The molecular weight excluding hydrogens is 263 g/mol. The molecule has 1 saturated heterocycles. The second-order valence-corrected chi connectivity index (χ2v) is 7.18. The fraction of sp³-hybridized carbons (Fsp3) is 0.500. The number of thioether (sulfide) groups is 1. The Morgan fingerprint density at radius 2 is 2.16 bits per heavy atom. The van der Waals surface area contributed by atoms with Gasteiger partial charge in [-0.1, -0.05) is 13.8 Å². The average Bonchev–Trinajstić information content (AvgIpc) is 2.49. The first-order valence-electron chi connectivity index (χ1n) is 6.37. The third-order valence-electron chi connectivity index (χ3n) is 3.37. The minimum absolute atomic E-state index is 0.101. The van der Waals surface area contributed by atoms with Gasteiger partial charge in [0.1, 0.15) is 5.82 Å². The van der Waals surface area contributed by atoms with E-state index in [0.29, 0.717) is 12.1 Å². The lowest BCUT2D eigenvalue weighted by Gasteiger charge is -2.23. The van der Waals surface area contributed by atoms with Crippen molar-refractivity contribution in [3.05, 3.63) is 29.6 Å². The second-order valence-electron chi connectivity index (χ2n) is 5.38. The van der Waals surface area contributed by atoms with E-state index in [1.165, 1.54) is 18.2 Å². The molecule has 0 spiro atoms. The molecule has 1 heterocycles. The highest BCUT2D eigenvalue weighted by atomic mass is 32.2. The van der Waals surface area contributed by atoms with Gasteiger partial charge in [0.15, 0.2) is 0 Å². The van der Waals surface area contributed by atoms with Crippen LogP contribution in [0.4, 0.5) is 10.1 Å². The number of halogens is 1. The number of nitrogens with zero attached hydrogens (tertiary/aromatic N) is 1. The van der Waals surface area contributed by atoms with Gasteiger partial charge in [0.25, 0.3) is 5.91 Å². The van der Waals surface area contributed by atoms with Crippen LogP contribution < -0.4 is 5.73 Å². The van der Waals surface area contributed by atoms with Gasteiger partial charge in [-0.15, -0.1) is 0 Å². The van der Waals surface area contributed by atoms with Crippen LogP contribution in [0, 0.1) is 5.82 Å². The molecule has 2 N–H and O–H groups in total. The topological polar surface area (TPSA) is 46.3 Å². The number of hydrogen-bond acceptors (Lipinski definition) is 3. The van der Waals surface area contributed by atoms with Gasteiger partial charge in [-0.05, 0) is 24.6 Å². The molecule has 5 heteroatoms. The van der Waals surface area contributed by atoms with Crippen molar-refractivity contribution in [3.8, 4) is 0 Å². The standard InChI is InChI=1S/C14H19FN2OS/c1-14(2)5-6-17(7-8-19-14)13(18)11-4-3-10(15)9-12(11)16/h3-4,9H,5-8,16H2,1-2H3. The predicted molar refractivity (Wildman–Crippen MR) is 77.9 cm³/mol. The van der Waals surface area contributed by atoms with Crippen molar-refractivity contribution in [1.29, 1.82) is 0 Å². The predicted octanol–water partition coefficient (Wildman–Crippen LogP) is 2.77. The Kier molecular flexibility index (Phi) is 4.04. The summed E-state index contributed by atoms with van der Waals surface area (Å²) < 4.78 is 13.2. The SMILES string of the molecule is CC1(C)CCN(C(=O)c2ccc(F)cc2N)CCS1. The van der Waals surface area contributed by atoms with Crippen LogP contribution in [0.5, 0.6) is 0 Å². The van der Waals surface area contributed by atoms with E-state index in [9.17, 15) is 9.18 Å². The molecule has 0 aliphatic carbocycles. The summed E-state index contributed by atoms with van der Waals surface area (Å²) in [6.07, 6.45) is 0.949. The van der Waals surface area contributed by atoms with Gasteiger partial charge >= 0.3 is 0 Å². The van der Waals surface area contributed by atoms with Gasteiger partial charge in [0.2, 0.25) is 0 Å². The van der Waals surface area contributed by atoms with E-state index < -0.39 is 5.82 Å². The van der Waals surface area contributed by atoms with Gasteiger partial charge in [0.05, 0.1) is 5.56 Å². The number of rotatable bonds is 1. The number of carbonyl (C=O) groups excluding carboxylic acids is 1. The van der Waals surface area contributed by atoms with Crippen LogP contribution in [-0.2, 0) is 0 Å². The van der Waals surface area contributed by atoms with E-state index in [-0.39, 0.29) is 16.3 Å². The number of carbonyl (C=O) groups is 1. The van der Waals surface area contributed by atoms with E-state index in [1.807, 2.05) is 16.7 Å². The van der Waals surface area contributed by atoms with Crippen LogP contribution in [0.1, 0.15) is 30.6 Å². The monoisotopic (exact) mass is 282 g/mol. The highest BCUT2D eigenvalue weighted by Gasteiger charge is 2.27. The Bertz CT molecular complexity index is 490. The van der Waals surface area contributed by atoms with Gasteiger partial charge < -0.3 is 10.6 Å². The minimum Gasteiger partial charge on any atom is -0.398 e. The lowest BCUT2D eigenvalue weighted by Crippen LogP contribution is -2.34. The quantitative estimate of drug-likeness (QED) is 0.806. The summed E-state index contributed by atoms with van der Waals surface area (Å²) in [6, 6.07) is 3.94. The highest BCUT2D eigenvalue weighted by molar-refractivity contribution is 8.00. The van der Waals surface area contributed by atoms with E-state index in [1.54, 1.807) is 0 Å². The summed E-state index contributed by atoms with van der Waals surface area (Å²) in [6.45, 7) is 5.81. The minimum atomic E-state index is -0.415. The van der Waals surface area contributed by atoms with Crippen molar-refractivity contribution >= 4 is 23.4 Å². The number of nitrogens with two attached hydrogens (primary N) is 1. The molecule has 1 aromatic rings.